The SMILES string of the molecule is COc1ccc(C(=O)Nc2c(C)nn(C)c2Oc2cccnc2)cc1. The number of methoxy groups -OCH3 is 1. The number of amides is 1. The van der Waals surface area contributed by atoms with Crippen LogP contribution in [0.3, 0.4) is 0 Å². The van der Waals surface area contributed by atoms with Crippen LogP contribution in [-0.2, 0) is 7.05 Å². The van der Waals surface area contributed by atoms with Gasteiger partial charge in [0.25, 0.3) is 5.91 Å². The second-order valence-corrected chi connectivity index (χ2v) is 5.36. The number of hydrogen-bond acceptors (Lipinski definition) is 5. The van der Waals surface area contributed by atoms with Crippen molar-refractivity contribution in [2.24, 2.45) is 7.05 Å². The summed E-state index contributed by atoms with van der Waals surface area (Å²) in [6.07, 6.45) is 3.26. The number of aromatic nitrogens is 3. The predicted molar refractivity (Wildman–Crippen MR) is 93.2 cm³/mol. The van der Waals surface area contributed by atoms with Gasteiger partial charge in [0.1, 0.15) is 17.2 Å². The minimum absolute atomic E-state index is 0.255. The first-order valence-corrected chi connectivity index (χ1v) is 7.65. The Kier molecular flexibility index (Phi) is 4.65. The van der Waals surface area contributed by atoms with Crippen LogP contribution in [0.15, 0.2) is 48.8 Å². The number of anilines is 1. The summed E-state index contributed by atoms with van der Waals surface area (Å²) < 4.78 is 12.5. The van der Waals surface area contributed by atoms with E-state index in [9.17, 15) is 4.79 Å². The smallest absolute Gasteiger partial charge is 0.255 e. The number of benzene rings is 1. The molecule has 0 spiro atoms. The van der Waals surface area contributed by atoms with Gasteiger partial charge >= 0.3 is 0 Å². The molecule has 0 fully saturated rings. The quantitative estimate of drug-likeness (QED) is 0.773. The molecule has 1 amide bonds. The van der Waals surface area contributed by atoms with Crippen molar-refractivity contribution in [1.29, 1.82) is 0 Å². The lowest BCUT2D eigenvalue weighted by molar-refractivity contribution is 0.102. The van der Waals surface area contributed by atoms with Crippen molar-refractivity contribution in [1.82, 2.24) is 14.8 Å². The second kappa shape index (κ2) is 7.04. The van der Waals surface area contributed by atoms with E-state index in [1.54, 1.807) is 74.6 Å². The summed E-state index contributed by atoms with van der Waals surface area (Å²) in [4.78, 5) is 16.5. The molecule has 1 N–H and O–H groups in total. The summed E-state index contributed by atoms with van der Waals surface area (Å²) >= 11 is 0. The Hall–Kier alpha value is -3.35. The molecule has 128 valence electrons. The monoisotopic (exact) mass is 338 g/mol. The number of rotatable bonds is 5. The molecule has 0 saturated carbocycles. The van der Waals surface area contributed by atoms with Crippen molar-refractivity contribution in [3.05, 3.63) is 60.0 Å². The molecule has 0 unspecified atom stereocenters. The van der Waals surface area contributed by atoms with Crippen LogP contribution in [0, 0.1) is 6.92 Å². The van der Waals surface area contributed by atoms with E-state index in [4.69, 9.17) is 9.47 Å². The fourth-order valence-corrected chi connectivity index (χ4v) is 2.35. The molecule has 0 aliphatic rings. The standard InChI is InChI=1S/C18H18N4O3/c1-12-16(20-17(23)13-6-8-14(24-3)9-7-13)18(22(2)21-12)25-15-5-4-10-19-11-15/h4-11H,1-3H3,(H,20,23). The molecule has 0 atom stereocenters. The maximum Gasteiger partial charge on any atom is 0.255 e. The van der Waals surface area contributed by atoms with Gasteiger partial charge in [-0.15, -0.1) is 0 Å². The second-order valence-electron chi connectivity index (χ2n) is 5.36. The van der Waals surface area contributed by atoms with Crippen molar-refractivity contribution in [3.8, 4) is 17.4 Å². The van der Waals surface area contributed by atoms with Crippen LogP contribution in [-0.4, -0.2) is 27.8 Å². The van der Waals surface area contributed by atoms with Crippen molar-refractivity contribution in [2.45, 2.75) is 6.92 Å². The highest BCUT2D eigenvalue weighted by Gasteiger charge is 2.19. The molecule has 7 heteroatoms. The van der Waals surface area contributed by atoms with Gasteiger partial charge in [-0.05, 0) is 43.3 Å². The third kappa shape index (κ3) is 3.60. The number of carbonyl (C=O) groups excluding carboxylic acids is 1. The number of nitrogens with one attached hydrogen (secondary N) is 1. The molecule has 0 aliphatic carbocycles. The van der Waals surface area contributed by atoms with Crippen molar-refractivity contribution in [3.63, 3.8) is 0 Å². The highest BCUT2D eigenvalue weighted by atomic mass is 16.5. The molecule has 0 radical (unpaired) electrons. The molecule has 7 nitrogen and oxygen atoms in total. The molecule has 0 bridgehead atoms. The fourth-order valence-electron chi connectivity index (χ4n) is 2.35. The third-order valence-corrected chi connectivity index (χ3v) is 3.61. The Morgan fingerprint density at radius 1 is 1.16 bits per heavy atom. The zero-order chi connectivity index (χ0) is 17.8. The van der Waals surface area contributed by atoms with E-state index in [0.717, 1.165) is 0 Å². The van der Waals surface area contributed by atoms with E-state index < -0.39 is 0 Å². The summed E-state index contributed by atoms with van der Waals surface area (Å²) in [5, 5.41) is 7.18. The van der Waals surface area contributed by atoms with Crippen LogP contribution in [0.2, 0.25) is 0 Å². The van der Waals surface area contributed by atoms with Gasteiger partial charge in [0.05, 0.1) is 19.0 Å². The summed E-state index contributed by atoms with van der Waals surface area (Å²) in [5.41, 5.74) is 1.69. The molecule has 3 rings (SSSR count). The first-order chi connectivity index (χ1) is 12.1. The summed E-state index contributed by atoms with van der Waals surface area (Å²) in [6, 6.07) is 10.4. The summed E-state index contributed by atoms with van der Waals surface area (Å²) in [5.74, 6) is 1.43. The van der Waals surface area contributed by atoms with E-state index in [1.165, 1.54) is 0 Å². The van der Waals surface area contributed by atoms with Crippen molar-refractivity contribution < 1.29 is 14.3 Å². The van der Waals surface area contributed by atoms with Gasteiger partial charge in [-0.2, -0.15) is 5.10 Å². The lowest BCUT2D eigenvalue weighted by Gasteiger charge is -2.10. The molecule has 0 aliphatic heterocycles. The Labute approximate surface area is 145 Å². The molecule has 2 aromatic heterocycles. The van der Waals surface area contributed by atoms with E-state index in [0.29, 0.717) is 34.3 Å². The Morgan fingerprint density at radius 2 is 1.92 bits per heavy atom. The zero-order valence-corrected chi connectivity index (χ0v) is 14.2. The molecule has 3 aromatic rings. The minimum Gasteiger partial charge on any atom is -0.497 e. The largest absolute Gasteiger partial charge is 0.497 e. The average molecular weight is 338 g/mol. The van der Waals surface area contributed by atoms with Crippen LogP contribution < -0.4 is 14.8 Å². The van der Waals surface area contributed by atoms with E-state index in [1.807, 2.05) is 0 Å². The van der Waals surface area contributed by atoms with Gasteiger partial charge in [-0.1, -0.05) is 0 Å². The van der Waals surface area contributed by atoms with Gasteiger partial charge in [-0.3, -0.25) is 9.78 Å². The van der Waals surface area contributed by atoms with Crippen molar-refractivity contribution >= 4 is 11.6 Å². The highest BCUT2D eigenvalue weighted by Crippen LogP contribution is 2.32. The number of aryl methyl sites for hydroxylation is 2. The third-order valence-electron chi connectivity index (χ3n) is 3.61. The van der Waals surface area contributed by atoms with Gasteiger partial charge in [-0.25, -0.2) is 4.68 Å². The van der Waals surface area contributed by atoms with E-state index in [2.05, 4.69) is 15.4 Å². The minimum atomic E-state index is -0.255. The summed E-state index contributed by atoms with van der Waals surface area (Å²) in [7, 11) is 3.33. The maximum atomic E-state index is 12.5. The molecule has 25 heavy (non-hydrogen) atoms. The van der Waals surface area contributed by atoms with Crippen molar-refractivity contribution in [2.75, 3.05) is 12.4 Å². The lowest BCUT2D eigenvalue weighted by Crippen LogP contribution is -2.13. The number of hydrogen-bond donors (Lipinski definition) is 1. The average Bonchev–Trinajstić information content (AvgIpc) is 2.89. The molecular formula is C18H18N4O3. The first kappa shape index (κ1) is 16.5. The lowest BCUT2D eigenvalue weighted by atomic mass is 10.2. The normalized spacial score (nSPS) is 10.4. The molecule has 0 saturated heterocycles. The van der Waals surface area contributed by atoms with Gasteiger partial charge in [0.2, 0.25) is 5.88 Å². The van der Waals surface area contributed by atoms with Gasteiger partial charge in [0, 0.05) is 18.8 Å². The number of carbonyl (C=O) groups is 1. The number of pyridine rings is 1. The Bertz CT molecular complexity index is 873. The van der Waals surface area contributed by atoms with Crippen LogP contribution in [0.25, 0.3) is 0 Å². The Balaban J connectivity index is 1.85. The zero-order valence-electron chi connectivity index (χ0n) is 14.2. The number of ether oxygens (including phenoxy) is 2. The molecule has 1 aromatic carbocycles. The van der Waals surface area contributed by atoms with Gasteiger partial charge in [0.15, 0.2) is 0 Å². The van der Waals surface area contributed by atoms with Crippen LogP contribution in [0.5, 0.6) is 17.4 Å². The maximum absolute atomic E-state index is 12.5. The molecule has 2 heterocycles. The number of nitrogens with zero attached hydrogens (tertiary/aromatic N) is 3. The highest BCUT2D eigenvalue weighted by molar-refractivity contribution is 6.05. The predicted octanol–water partition coefficient (Wildman–Crippen LogP) is 3.18. The topological polar surface area (TPSA) is 78.3 Å². The van der Waals surface area contributed by atoms with Crippen LogP contribution in [0.4, 0.5) is 5.69 Å². The van der Waals surface area contributed by atoms with E-state index in [-0.39, 0.29) is 5.91 Å². The van der Waals surface area contributed by atoms with E-state index >= 15 is 0 Å². The van der Waals surface area contributed by atoms with Gasteiger partial charge < -0.3 is 14.8 Å². The first-order valence-electron chi connectivity index (χ1n) is 7.65. The Morgan fingerprint density at radius 3 is 2.56 bits per heavy atom. The summed E-state index contributed by atoms with van der Waals surface area (Å²) in [6.45, 7) is 1.81. The fraction of sp³-hybridized carbons (Fsp3) is 0.167. The van der Waals surface area contributed by atoms with Crippen LogP contribution in [0.1, 0.15) is 16.1 Å². The molecular weight excluding hydrogens is 320 g/mol. The van der Waals surface area contributed by atoms with Crippen LogP contribution >= 0.6 is 0 Å².